The van der Waals surface area contributed by atoms with Crippen LogP contribution in [0.2, 0.25) is 0 Å². The summed E-state index contributed by atoms with van der Waals surface area (Å²) in [6.07, 6.45) is 0. The zero-order valence-corrected chi connectivity index (χ0v) is 10.6. The highest BCUT2D eigenvalue weighted by Crippen LogP contribution is 2.41. The molecule has 1 rings (SSSR count). The van der Waals surface area contributed by atoms with Crippen LogP contribution in [0.1, 0.15) is 13.8 Å². The van der Waals surface area contributed by atoms with E-state index < -0.39 is 11.9 Å². The number of carbonyl (C=O) groups is 2. The van der Waals surface area contributed by atoms with Crippen LogP contribution >= 0.6 is 0 Å². The first-order chi connectivity index (χ1) is 8.47. The second-order valence-electron chi connectivity index (χ2n) is 3.34. The monoisotopic (exact) mass is 254 g/mol. The second-order valence-corrected chi connectivity index (χ2v) is 3.34. The number of benzene rings is 1. The lowest BCUT2D eigenvalue weighted by Crippen LogP contribution is -2.08. The lowest BCUT2D eigenvalue weighted by atomic mass is 10.2. The fraction of sp³-hybridized carbons (Fsp3) is 0.333. The number of esters is 2. The predicted octanol–water partition coefficient (Wildman–Crippen LogP) is 1.55. The van der Waals surface area contributed by atoms with E-state index in [2.05, 4.69) is 0 Å². The van der Waals surface area contributed by atoms with E-state index in [1.807, 2.05) is 0 Å². The summed E-state index contributed by atoms with van der Waals surface area (Å²) in [5.41, 5.74) is 0. The summed E-state index contributed by atoms with van der Waals surface area (Å²) >= 11 is 0. The molecular weight excluding hydrogens is 240 g/mol. The third kappa shape index (κ3) is 3.38. The molecule has 6 heteroatoms. The van der Waals surface area contributed by atoms with Crippen molar-refractivity contribution in [3.05, 3.63) is 12.1 Å². The summed E-state index contributed by atoms with van der Waals surface area (Å²) in [5.74, 6) is -0.333. The van der Waals surface area contributed by atoms with Crippen LogP contribution in [0.5, 0.6) is 23.0 Å². The van der Waals surface area contributed by atoms with E-state index in [0.29, 0.717) is 5.75 Å². The average molecular weight is 254 g/mol. The highest BCUT2D eigenvalue weighted by Gasteiger charge is 2.18. The van der Waals surface area contributed by atoms with Gasteiger partial charge in [-0.2, -0.15) is 0 Å². The first-order valence-corrected chi connectivity index (χ1v) is 5.10. The number of rotatable bonds is 4. The van der Waals surface area contributed by atoms with Gasteiger partial charge in [-0.05, 0) is 0 Å². The van der Waals surface area contributed by atoms with Gasteiger partial charge in [-0.15, -0.1) is 0 Å². The molecule has 98 valence electrons. The Morgan fingerprint density at radius 3 is 1.89 bits per heavy atom. The maximum absolute atomic E-state index is 11.0. The molecular formula is C12H14O6. The molecule has 0 heterocycles. The summed E-state index contributed by atoms with van der Waals surface area (Å²) in [6.45, 7) is 2.48. The van der Waals surface area contributed by atoms with Gasteiger partial charge in [0, 0.05) is 26.0 Å². The van der Waals surface area contributed by atoms with Crippen molar-refractivity contribution in [1.82, 2.24) is 0 Å². The Balaban J connectivity index is 3.31. The van der Waals surface area contributed by atoms with Gasteiger partial charge in [0.15, 0.2) is 11.5 Å². The zero-order valence-electron chi connectivity index (χ0n) is 10.6. The molecule has 1 aromatic carbocycles. The molecule has 6 nitrogen and oxygen atoms in total. The molecule has 0 atom stereocenters. The minimum Gasteiger partial charge on any atom is -0.496 e. The van der Waals surface area contributed by atoms with E-state index >= 15 is 0 Å². The largest absolute Gasteiger partial charge is 0.496 e. The fourth-order valence-electron chi connectivity index (χ4n) is 1.30. The Kier molecular flexibility index (Phi) is 4.53. The smallest absolute Gasteiger partial charge is 0.308 e. The summed E-state index contributed by atoms with van der Waals surface area (Å²) in [5, 5.41) is 0. The second kappa shape index (κ2) is 5.90. The molecule has 0 aliphatic rings. The van der Waals surface area contributed by atoms with Crippen molar-refractivity contribution in [3.8, 4) is 23.0 Å². The van der Waals surface area contributed by atoms with Gasteiger partial charge in [0.2, 0.25) is 5.75 Å². The molecule has 0 radical (unpaired) electrons. The van der Waals surface area contributed by atoms with Crippen molar-refractivity contribution in [2.45, 2.75) is 13.8 Å². The molecule has 1 aromatic rings. The van der Waals surface area contributed by atoms with Gasteiger partial charge in [-0.3, -0.25) is 9.59 Å². The number of ether oxygens (including phenoxy) is 4. The predicted molar refractivity (Wildman–Crippen MR) is 62.2 cm³/mol. The van der Waals surface area contributed by atoms with Crippen LogP contribution in [0.25, 0.3) is 0 Å². The van der Waals surface area contributed by atoms with E-state index in [9.17, 15) is 9.59 Å². The van der Waals surface area contributed by atoms with Crippen LogP contribution in [0.15, 0.2) is 12.1 Å². The van der Waals surface area contributed by atoms with Gasteiger partial charge >= 0.3 is 11.9 Å². The van der Waals surface area contributed by atoms with E-state index in [-0.39, 0.29) is 17.2 Å². The van der Waals surface area contributed by atoms with Gasteiger partial charge in [0.1, 0.15) is 5.75 Å². The summed E-state index contributed by atoms with van der Waals surface area (Å²) in [6, 6.07) is 2.95. The number of carbonyl (C=O) groups excluding carboxylic acids is 2. The Hall–Kier alpha value is -2.24. The van der Waals surface area contributed by atoms with E-state index in [0.717, 1.165) is 0 Å². The number of hydrogen-bond acceptors (Lipinski definition) is 6. The third-order valence-electron chi connectivity index (χ3n) is 1.95. The molecule has 0 saturated carbocycles. The van der Waals surface area contributed by atoms with Crippen LogP contribution in [0, 0.1) is 0 Å². The minimum absolute atomic E-state index is 0.0426. The van der Waals surface area contributed by atoms with Gasteiger partial charge in [0.05, 0.1) is 14.2 Å². The van der Waals surface area contributed by atoms with Gasteiger partial charge in [-0.1, -0.05) is 0 Å². The highest BCUT2D eigenvalue weighted by atomic mass is 16.6. The Morgan fingerprint density at radius 2 is 1.44 bits per heavy atom. The minimum atomic E-state index is -0.549. The van der Waals surface area contributed by atoms with Gasteiger partial charge in [-0.25, -0.2) is 0 Å². The summed E-state index contributed by atoms with van der Waals surface area (Å²) < 4.78 is 20.0. The molecule has 0 bridgehead atoms. The molecule has 0 aromatic heterocycles. The molecule has 0 spiro atoms. The normalized spacial score (nSPS) is 9.56. The molecule has 0 N–H and O–H groups in total. The maximum atomic E-state index is 11.0. The van der Waals surface area contributed by atoms with Crippen LogP contribution in [-0.4, -0.2) is 26.2 Å². The number of methoxy groups -OCH3 is 2. The molecule has 0 saturated heterocycles. The average Bonchev–Trinajstić information content (AvgIpc) is 2.29. The van der Waals surface area contributed by atoms with Gasteiger partial charge in [0.25, 0.3) is 0 Å². The first-order valence-electron chi connectivity index (χ1n) is 5.10. The van der Waals surface area contributed by atoms with Crippen molar-refractivity contribution < 1.29 is 28.5 Å². The molecule has 0 aliphatic heterocycles. The lowest BCUT2D eigenvalue weighted by molar-refractivity contribution is -0.134. The van der Waals surface area contributed by atoms with Crippen LogP contribution in [-0.2, 0) is 9.59 Å². The topological polar surface area (TPSA) is 71.1 Å². The fourth-order valence-corrected chi connectivity index (χ4v) is 1.30. The highest BCUT2D eigenvalue weighted by molar-refractivity contribution is 5.76. The van der Waals surface area contributed by atoms with Crippen molar-refractivity contribution in [1.29, 1.82) is 0 Å². The van der Waals surface area contributed by atoms with Crippen molar-refractivity contribution >= 4 is 11.9 Å². The lowest BCUT2D eigenvalue weighted by Gasteiger charge is -2.14. The zero-order chi connectivity index (χ0) is 13.7. The summed E-state index contributed by atoms with van der Waals surface area (Å²) in [7, 11) is 2.86. The third-order valence-corrected chi connectivity index (χ3v) is 1.95. The van der Waals surface area contributed by atoms with E-state index in [4.69, 9.17) is 18.9 Å². The van der Waals surface area contributed by atoms with Crippen molar-refractivity contribution in [2.75, 3.05) is 14.2 Å². The quantitative estimate of drug-likeness (QED) is 0.599. The van der Waals surface area contributed by atoms with Crippen molar-refractivity contribution in [2.24, 2.45) is 0 Å². The molecule has 18 heavy (non-hydrogen) atoms. The standard InChI is InChI=1S/C12H14O6/c1-7(13)17-11-6-9(15-3)5-10(16-4)12(11)18-8(2)14/h5-6H,1-4H3. The molecule has 0 unspecified atom stereocenters. The van der Waals surface area contributed by atoms with Crippen molar-refractivity contribution in [3.63, 3.8) is 0 Å². The number of hydrogen-bond donors (Lipinski definition) is 0. The summed E-state index contributed by atoms with van der Waals surface area (Å²) in [4.78, 5) is 22.0. The molecule has 0 amide bonds. The Bertz CT molecular complexity index is 466. The Labute approximate surface area is 104 Å². The SMILES string of the molecule is COc1cc(OC)c(OC(C)=O)c(OC(C)=O)c1. The first kappa shape index (κ1) is 13.8. The van der Waals surface area contributed by atoms with E-state index in [1.165, 1.54) is 40.2 Å². The van der Waals surface area contributed by atoms with E-state index in [1.54, 1.807) is 0 Å². The van der Waals surface area contributed by atoms with Crippen LogP contribution in [0.3, 0.4) is 0 Å². The molecule has 0 aliphatic carbocycles. The Morgan fingerprint density at radius 1 is 0.889 bits per heavy atom. The van der Waals surface area contributed by atoms with Crippen LogP contribution in [0.4, 0.5) is 0 Å². The van der Waals surface area contributed by atoms with Crippen LogP contribution < -0.4 is 18.9 Å². The maximum Gasteiger partial charge on any atom is 0.308 e. The van der Waals surface area contributed by atoms with Gasteiger partial charge < -0.3 is 18.9 Å². The molecule has 0 fully saturated rings.